The number of carbonyl (C=O) groups excluding carboxylic acids is 1. The van der Waals surface area contributed by atoms with E-state index in [2.05, 4.69) is 15.3 Å². The van der Waals surface area contributed by atoms with E-state index in [0.717, 1.165) is 29.7 Å². The summed E-state index contributed by atoms with van der Waals surface area (Å²) >= 11 is 6.30. The van der Waals surface area contributed by atoms with Crippen molar-refractivity contribution in [2.75, 3.05) is 18.4 Å². The van der Waals surface area contributed by atoms with Crippen LogP contribution in [-0.4, -0.2) is 34.0 Å². The van der Waals surface area contributed by atoms with Crippen molar-refractivity contribution >= 4 is 23.3 Å². The number of nitrogens with one attached hydrogen (secondary N) is 2. The Hall–Kier alpha value is -2.34. The van der Waals surface area contributed by atoms with Gasteiger partial charge in [-0.05, 0) is 50.8 Å². The first-order valence-electron chi connectivity index (χ1n) is 8.74. The van der Waals surface area contributed by atoms with E-state index < -0.39 is 0 Å². The van der Waals surface area contributed by atoms with E-state index in [1.165, 1.54) is 6.07 Å². The fraction of sp³-hybridized carbons (Fsp3) is 0.421. The Morgan fingerprint density at radius 2 is 2.08 bits per heavy atom. The number of benzene rings is 1. The van der Waals surface area contributed by atoms with E-state index in [-0.39, 0.29) is 17.5 Å². The molecule has 1 aromatic heterocycles. The number of aryl methyl sites for hydroxylation is 3. The molecule has 1 aliphatic rings. The molecular formula is C19H23ClN4O2. The molecule has 0 spiro atoms. The average Bonchev–Trinajstić information content (AvgIpc) is 2.57. The van der Waals surface area contributed by atoms with Gasteiger partial charge in [0.1, 0.15) is 5.82 Å². The van der Waals surface area contributed by atoms with Gasteiger partial charge in [0.2, 0.25) is 0 Å². The smallest absolute Gasteiger partial charge is 0.321 e. The third-order valence-corrected chi connectivity index (χ3v) is 4.97. The van der Waals surface area contributed by atoms with Gasteiger partial charge in [0.15, 0.2) is 0 Å². The third kappa shape index (κ3) is 4.07. The van der Waals surface area contributed by atoms with Crippen LogP contribution in [0.25, 0.3) is 0 Å². The Morgan fingerprint density at radius 1 is 1.31 bits per heavy atom. The minimum atomic E-state index is -0.176. The maximum atomic E-state index is 12.7. The first-order chi connectivity index (χ1) is 12.3. The van der Waals surface area contributed by atoms with Gasteiger partial charge in [-0.25, -0.2) is 9.78 Å². The lowest BCUT2D eigenvalue weighted by molar-refractivity contribution is 0.192. The average molecular weight is 375 g/mol. The molecule has 1 saturated heterocycles. The number of aromatic amines is 1. The van der Waals surface area contributed by atoms with Gasteiger partial charge in [0, 0.05) is 25.1 Å². The molecule has 7 heteroatoms. The van der Waals surface area contributed by atoms with Crippen LogP contribution in [0, 0.1) is 20.8 Å². The zero-order valence-electron chi connectivity index (χ0n) is 15.2. The number of carbonyl (C=O) groups is 1. The number of nitrogens with zero attached hydrogens (tertiary/aromatic N) is 2. The summed E-state index contributed by atoms with van der Waals surface area (Å²) in [5.41, 5.74) is 3.22. The fourth-order valence-corrected chi connectivity index (χ4v) is 3.84. The van der Waals surface area contributed by atoms with E-state index in [1.807, 2.05) is 26.0 Å². The Kier molecular flexibility index (Phi) is 5.32. The van der Waals surface area contributed by atoms with E-state index in [0.29, 0.717) is 29.6 Å². The Morgan fingerprint density at radius 3 is 2.77 bits per heavy atom. The largest absolute Gasteiger partial charge is 0.324 e. The van der Waals surface area contributed by atoms with E-state index >= 15 is 0 Å². The summed E-state index contributed by atoms with van der Waals surface area (Å²) in [4.78, 5) is 33.3. The second kappa shape index (κ2) is 7.50. The monoisotopic (exact) mass is 374 g/mol. The molecule has 0 saturated carbocycles. The number of rotatable bonds is 2. The number of amides is 2. The highest BCUT2D eigenvalue weighted by Gasteiger charge is 2.26. The first kappa shape index (κ1) is 18.5. The molecule has 138 valence electrons. The standard InChI is InChI=1S/C19H23ClN4O2/c1-11-7-12(2)18(15(20)8-11)23-19(26)24-6-4-5-14(10-24)16-9-17(25)22-13(3)21-16/h7-9,14H,4-6,10H2,1-3H3,(H,23,26)(H,21,22,25)/t14-/m0/s1. The van der Waals surface area contributed by atoms with Crippen LogP contribution < -0.4 is 10.9 Å². The predicted octanol–water partition coefficient (Wildman–Crippen LogP) is 3.76. The minimum absolute atomic E-state index is 0.0603. The van der Waals surface area contributed by atoms with Crippen LogP contribution in [0.3, 0.4) is 0 Å². The number of piperidine rings is 1. The third-order valence-electron chi connectivity index (χ3n) is 4.67. The zero-order chi connectivity index (χ0) is 18.8. The molecular weight excluding hydrogens is 352 g/mol. The van der Waals surface area contributed by atoms with Crippen molar-refractivity contribution in [3.8, 4) is 0 Å². The van der Waals surface area contributed by atoms with Crippen molar-refractivity contribution in [1.29, 1.82) is 0 Å². The number of H-pyrrole nitrogens is 1. The molecule has 2 N–H and O–H groups in total. The number of urea groups is 1. The fourth-order valence-electron chi connectivity index (χ4n) is 3.47. The molecule has 0 aliphatic carbocycles. The van der Waals surface area contributed by atoms with E-state index in [1.54, 1.807) is 11.8 Å². The SMILES string of the molecule is Cc1cc(C)c(NC(=O)N2CCC[C@H](c3cc(=O)[nH]c(C)n3)C2)c(Cl)c1. The molecule has 26 heavy (non-hydrogen) atoms. The predicted molar refractivity (Wildman–Crippen MR) is 103 cm³/mol. The summed E-state index contributed by atoms with van der Waals surface area (Å²) < 4.78 is 0. The molecule has 2 aromatic rings. The van der Waals surface area contributed by atoms with Crippen LogP contribution in [0.5, 0.6) is 0 Å². The van der Waals surface area contributed by atoms with Crippen molar-refractivity contribution in [3.63, 3.8) is 0 Å². The lowest BCUT2D eigenvalue weighted by Crippen LogP contribution is -2.42. The van der Waals surface area contributed by atoms with Crippen LogP contribution >= 0.6 is 11.6 Å². The van der Waals surface area contributed by atoms with Crippen molar-refractivity contribution in [1.82, 2.24) is 14.9 Å². The normalized spacial score (nSPS) is 17.2. The van der Waals surface area contributed by atoms with Crippen molar-refractivity contribution in [2.45, 2.75) is 39.5 Å². The lowest BCUT2D eigenvalue weighted by atomic mass is 9.94. The Balaban J connectivity index is 1.75. The summed E-state index contributed by atoms with van der Waals surface area (Å²) in [5, 5.41) is 3.48. The zero-order valence-corrected chi connectivity index (χ0v) is 16.0. The van der Waals surface area contributed by atoms with Crippen LogP contribution in [0.15, 0.2) is 23.0 Å². The van der Waals surface area contributed by atoms with Crippen LogP contribution in [0.1, 0.15) is 41.4 Å². The molecule has 1 atom stereocenters. The topological polar surface area (TPSA) is 78.1 Å². The number of anilines is 1. The molecule has 3 rings (SSSR count). The second-order valence-electron chi connectivity index (χ2n) is 6.91. The van der Waals surface area contributed by atoms with Gasteiger partial charge in [0.05, 0.1) is 16.4 Å². The van der Waals surface area contributed by atoms with Gasteiger partial charge in [-0.1, -0.05) is 17.7 Å². The molecule has 1 aliphatic heterocycles. The van der Waals surface area contributed by atoms with Crippen LogP contribution in [-0.2, 0) is 0 Å². The van der Waals surface area contributed by atoms with Gasteiger partial charge in [-0.2, -0.15) is 0 Å². The molecule has 0 bridgehead atoms. The summed E-state index contributed by atoms with van der Waals surface area (Å²) in [5.74, 6) is 0.654. The van der Waals surface area contributed by atoms with E-state index in [9.17, 15) is 9.59 Å². The summed E-state index contributed by atoms with van der Waals surface area (Å²) in [6.45, 7) is 6.87. The minimum Gasteiger partial charge on any atom is -0.324 e. The second-order valence-corrected chi connectivity index (χ2v) is 7.32. The van der Waals surface area contributed by atoms with Gasteiger partial charge >= 0.3 is 6.03 Å². The number of aromatic nitrogens is 2. The van der Waals surface area contributed by atoms with E-state index in [4.69, 9.17) is 11.6 Å². The number of halogens is 1. The molecule has 0 radical (unpaired) electrons. The molecule has 2 heterocycles. The maximum Gasteiger partial charge on any atom is 0.321 e. The maximum absolute atomic E-state index is 12.7. The summed E-state index contributed by atoms with van der Waals surface area (Å²) in [7, 11) is 0. The summed E-state index contributed by atoms with van der Waals surface area (Å²) in [6, 6.07) is 5.18. The van der Waals surface area contributed by atoms with Crippen LogP contribution in [0.2, 0.25) is 5.02 Å². The molecule has 6 nitrogen and oxygen atoms in total. The highest BCUT2D eigenvalue weighted by molar-refractivity contribution is 6.34. The van der Waals surface area contributed by atoms with Gasteiger partial charge in [0.25, 0.3) is 5.56 Å². The first-order valence-corrected chi connectivity index (χ1v) is 9.12. The molecule has 2 amide bonds. The number of likely N-dealkylation sites (tertiary alicyclic amines) is 1. The molecule has 0 unspecified atom stereocenters. The Bertz CT molecular complexity index is 870. The van der Waals surface area contributed by atoms with Crippen molar-refractivity contribution in [2.24, 2.45) is 0 Å². The molecule has 1 fully saturated rings. The van der Waals surface area contributed by atoms with Crippen molar-refractivity contribution < 1.29 is 4.79 Å². The van der Waals surface area contributed by atoms with Gasteiger partial charge < -0.3 is 15.2 Å². The van der Waals surface area contributed by atoms with Crippen LogP contribution in [0.4, 0.5) is 10.5 Å². The number of hydrogen-bond acceptors (Lipinski definition) is 3. The summed E-state index contributed by atoms with van der Waals surface area (Å²) in [6.07, 6.45) is 1.77. The molecule has 1 aromatic carbocycles. The van der Waals surface area contributed by atoms with Gasteiger partial charge in [-0.15, -0.1) is 0 Å². The lowest BCUT2D eigenvalue weighted by Gasteiger charge is -2.32. The quantitative estimate of drug-likeness (QED) is 0.840. The highest BCUT2D eigenvalue weighted by atomic mass is 35.5. The number of hydrogen-bond donors (Lipinski definition) is 2. The highest BCUT2D eigenvalue weighted by Crippen LogP contribution is 2.29. The van der Waals surface area contributed by atoms with Gasteiger partial charge in [-0.3, -0.25) is 4.79 Å². The van der Waals surface area contributed by atoms with Crippen molar-refractivity contribution in [3.05, 3.63) is 56.2 Å². The Labute approximate surface area is 157 Å².